The minimum atomic E-state index is -3.59. The number of nitrogens with zero attached hydrogens (tertiary/aromatic N) is 3. The van der Waals surface area contributed by atoms with Gasteiger partial charge in [0.05, 0.1) is 23.8 Å². The lowest BCUT2D eigenvalue weighted by Crippen LogP contribution is -2.41. The SMILES string of the molecule is CS(=O)(=O)/N=C1CCCN2C(=O)COc3cccnc3C3CCC(CC3)O\C=C\12. The molecule has 2 bridgehead atoms. The van der Waals surface area contributed by atoms with Gasteiger partial charge in [0, 0.05) is 18.7 Å². The zero-order valence-corrected chi connectivity index (χ0v) is 17.2. The minimum absolute atomic E-state index is 0.0194. The second-order valence-corrected chi connectivity index (χ2v) is 9.36. The molecule has 0 spiro atoms. The summed E-state index contributed by atoms with van der Waals surface area (Å²) < 4.78 is 39.2. The fraction of sp³-hybridized carbons (Fsp3) is 0.550. The first-order valence-corrected chi connectivity index (χ1v) is 11.8. The molecule has 0 aromatic carbocycles. The maximum atomic E-state index is 12.9. The summed E-state index contributed by atoms with van der Waals surface area (Å²) >= 11 is 0. The van der Waals surface area contributed by atoms with E-state index in [0.717, 1.165) is 37.6 Å². The maximum Gasteiger partial charge on any atom is 0.265 e. The van der Waals surface area contributed by atoms with E-state index in [9.17, 15) is 13.2 Å². The third-order valence-corrected chi connectivity index (χ3v) is 6.09. The van der Waals surface area contributed by atoms with Gasteiger partial charge in [0.15, 0.2) is 6.61 Å². The number of hydrogen-bond donors (Lipinski definition) is 0. The topological polar surface area (TPSA) is 98.2 Å². The average molecular weight is 420 g/mol. The number of amides is 1. The molecule has 0 N–H and O–H groups in total. The first kappa shape index (κ1) is 19.9. The largest absolute Gasteiger partial charge is 0.496 e. The molecule has 1 saturated carbocycles. The van der Waals surface area contributed by atoms with Gasteiger partial charge >= 0.3 is 0 Å². The highest BCUT2D eigenvalue weighted by Crippen LogP contribution is 2.37. The van der Waals surface area contributed by atoms with E-state index in [0.29, 0.717) is 36.5 Å². The molecule has 29 heavy (non-hydrogen) atoms. The summed E-state index contributed by atoms with van der Waals surface area (Å²) in [5.74, 6) is 0.652. The fourth-order valence-corrected chi connectivity index (χ4v) is 4.76. The highest BCUT2D eigenvalue weighted by atomic mass is 32.2. The lowest BCUT2D eigenvalue weighted by Gasteiger charge is -2.31. The molecule has 5 rings (SSSR count). The van der Waals surface area contributed by atoms with E-state index < -0.39 is 10.0 Å². The highest BCUT2D eigenvalue weighted by Gasteiger charge is 2.31. The average Bonchev–Trinajstić information content (AvgIpc) is 2.71. The van der Waals surface area contributed by atoms with E-state index in [1.807, 2.05) is 6.07 Å². The maximum absolute atomic E-state index is 12.9. The second-order valence-electron chi connectivity index (χ2n) is 7.71. The van der Waals surface area contributed by atoms with E-state index in [4.69, 9.17) is 9.47 Å². The predicted octanol–water partition coefficient (Wildman–Crippen LogP) is 2.38. The van der Waals surface area contributed by atoms with Crippen molar-refractivity contribution in [3.05, 3.63) is 36.0 Å². The summed E-state index contributed by atoms with van der Waals surface area (Å²) in [5.41, 5.74) is 1.67. The van der Waals surface area contributed by atoms with Crippen molar-refractivity contribution in [2.45, 2.75) is 50.5 Å². The molecule has 1 aliphatic carbocycles. The van der Waals surface area contributed by atoms with Crippen LogP contribution in [0.1, 0.15) is 50.1 Å². The number of ether oxygens (including phenoxy) is 2. The first-order valence-electron chi connectivity index (χ1n) is 9.93. The Morgan fingerprint density at radius 3 is 2.79 bits per heavy atom. The van der Waals surface area contributed by atoms with Crippen LogP contribution in [-0.4, -0.2) is 55.4 Å². The number of rotatable bonds is 1. The first-order chi connectivity index (χ1) is 13.9. The Labute approximate surface area is 170 Å². The van der Waals surface area contributed by atoms with Crippen molar-refractivity contribution in [1.82, 2.24) is 9.88 Å². The zero-order valence-electron chi connectivity index (χ0n) is 16.4. The minimum Gasteiger partial charge on any atom is -0.496 e. The Morgan fingerprint density at radius 1 is 1.24 bits per heavy atom. The van der Waals surface area contributed by atoms with Crippen LogP contribution in [0.3, 0.4) is 0 Å². The number of hydrogen-bond acceptors (Lipinski definition) is 6. The number of aromatic nitrogens is 1. The van der Waals surface area contributed by atoms with Gasteiger partial charge in [-0.2, -0.15) is 4.40 Å². The van der Waals surface area contributed by atoms with Gasteiger partial charge in [-0.05, 0) is 50.7 Å². The van der Waals surface area contributed by atoms with Crippen molar-refractivity contribution in [1.29, 1.82) is 0 Å². The molecule has 1 saturated heterocycles. The van der Waals surface area contributed by atoms with Gasteiger partial charge in [-0.3, -0.25) is 9.78 Å². The summed E-state index contributed by atoms with van der Waals surface area (Å²) in [5, 5.41) is 0. The van der Waals surface area contributed by atoms with Crippen molar-refractivity contribution in [2.75, 3.05) is 19.4 Å². The van der Waals surface area contributed by atoms with Gasteiger partial charge in [0.1, 0.15) is 17.7 Å². The van der Waals surface area contributed by atoms with E-state index in [1.165, 1.54) is 11.2 Å². The number of carbonyl (C=O) groups is 1. The summed E-state index contributed by atoms with van der Waals surface area (Å²) in [7, 11) is -3.59. The third-order valence-electron chi connectivity index (χ3n) is 5.54. The monoisotopic (exact) mass is 419 g/mol. The van der Waals surface area contributed by atoms with E-state index >= 15 is 0 Å². The Morgan fingerprint density at radius 2 is 2.03 bits per heavy atom. The molecule has 4 heterocycles. The molecule has 0 atom stereocenters. The van der Waals surface area contributed by atoms with Crippen LogP contribution in [0.5, 0.6) is 5.75 Å². The summed E-state index contributed by atoms with van der Waals surface area (Å²) in [6.45, 7) is 0.311. The van der Waals surface area contributed by atoms with E-state index in [2.05, 4.69) is 9.38 Å². The predicted molar refractivity (Wildman–Crippen MR) is 107 cm³/mol. The van der Waals surface area contributed by atoms with Crippen molar-refractivity contribution in [3.63, 3.8) is 0 Å². The number of sulfonamides is 1. The summed E-state index contributed by atoms with van der Waals surface area (Å²) in [6.07, 6.45) is 9.01. The number of allylic oxidation sites excluding steroid dienone is 1. The molecule has 1 aromatic rings. The third kappa shape index (κ3) is 4.60. The van der Waals surface area contributed by atoms with Crippen LogP contribution in [0.2, 0.25) is 0 Å². The van der Waals surface area contributed by atoms with Crippen LogP contribution in [0, 0.1) is 0 Å². The van der Waals surface area contributed by atoms with Crippen LogP contribution in [-0.2, 0) is 19.6 Å². The molecule has 1 aromatic heterocycles. The lowest BCUT2D eigenvalue weighted by atomic mass is 9.84. The van der Waals surface area contributed by atoms with Crippen molar-refractivity contribution in [3.8, 4) is 5.75 Å². The van der Waals surface area contributed by atoms with E-state index in [1.54, 1.807) is 12.3 Å². The van der Waals surface area contributed by atoms with Gasteiger partial charge in [0.2, 0.25) is 0 Å². The molecule has 8 nitrogen and oxygen atoms in total. The number of carbonyl (C=O) groups excluding carboxylic acids is 1. The van der Waals surface area contributed by atoms with Gasteiger partial charge in [-0.1, -0.05) is 0 Å². The van der Waals surface area contributed by atoms with Crippen molar-refractivity contribution in [2.24, 2.45) is 4.40 Å². The van der Waals surface area contributed by atoms with Gasteiger partial charge in [-0.25, -0.2) is 8.42 Å². The summed E-state index contributed by atoms with van der Waals surface area (Å²) in [6, 6.07) is 3.65. The normalized spacial score (nSPS) is 28.6. The fourth-order valence-electron chi connectivity index (χ4n) is 4.17. The quantitative estimate of drug-likeness (QED) is 0.693. The molecule has 0 unspecified atom stereocenters. The molecular weight excluding hydrogens is 394 g/mol. The Hall–Kier alpha value is -2.42. The zero-order chi connectivity index (χ0) is 20.4. The molecule has 156 valence electrons. The molecular formula is C20H25N3O5S. The smallest absolute Gasteiger partial charge is 0.265 e. The van der Waals surface area contributed by atoms with Gasteiger partial charge < -0.3 is 14.4 Å². The van der Waals surface area contributed by atoms with Crippen LogP contribution < -0.4 is 4.74 Å². The van der Waals surface area contributed by atoms with Gasteiger partial charge in [-0.15, -0.1) is 0 Å². The highest BCUT2D eigenvalue weighted by molar-refractivity contribution is 7.89. The lowest BCUT2D eigenvalue weighted by molar-refractivity contribution is -0.131. The molecule has 4 aliphatic rings. The van der Waals surface area contributed by atoms with E-state index in [-0.39, 0.29) is 24.5 Å². The summed E-state index contributed by atoms with van der Waals surface area (Å²) in [4.78, 5) is 19.0. The molecule has 1 amide bonds. The van der Waals surface area contributed by atoms with Crippen LogP contribution in [0.4, 0.5) is 0 Å². The Bertz CT molecular complexity index is 949. The van der Waals surface area contributed by atoms with Crippen molar-refractivity contribution >= 4 is 21.6 Å². The van der Waals surface area contributed by atoms with Crippen LogP contribution >= 0.6 is 0 Å². The van der Waals surface area contributed by atoms with Crippen LogP contribution in [0.25, 0.3) is 0 Å². The van der Waals surface area contributed by atoms with Gasteiger partial charge in [0.25, 0.3) is 15.9 Å². The number of fused-ring (bicyclic) bond motifs is 5. The standard InChI is InChI=1S/C20H25N3O5S/c1-29(25,26)22-16-4-3-11-23-17(16)12-27-15-8-6-14(7-9-15)20-18(5-2-10-21-20)28-13-19(23)24/h2,5,10,12,14-15H,3-4,6-9,11,13H2,1H3/b17-12-,22-16+. The molecule has 2 fully saturated rings. The molecule has 0 radical (unpaired) electrons. The number of pyridine rings is 1. The van der Waals surface area contributed by atoms with Crippen molar-refractivity contribution < 1.29 is 22.7 Å². The second kappa shape index (κ2) is 8.14. The Balaban J connectivity index is 1.70. The van der Waals surface area contributed by atoms with Crippen LogP contribution in [0.15, 0.2) is 34.7 Å². The number of piperidine rings is 1. The Kier molecular flexibility index (Phi) is 5.58. The molecule has 9 heteroatoms. The molecule has 3 aliphatic heterocycles.